The molecule has 0 radical (unpaired) electrons. The van der Waals surface area contributed by atoms with Gasteiger partial charge in [-0.05, 0) is 37.6 Å². The molecule has 0 saturated carbocycles. The van der Waals surface area contributed by atoms with Gasteiger partial charge in [-0.3, -0.25) is 13.9 Å². The van der Waals surface area contributed by atoms with Crippen LogP contribution in [0.5, 0.6) is 0 Å². The van der Waals surface area contributed by atoms with Crippen LogP contribution in [0.1, 0.15) is 25.3 Å². The molecule has 1 aromatic carbocycles. The summed E-state index contributed by atoms with van der Waals surface area (Å²) in [4.78, 5) is 25.1. The molecule has 1 aromatic heterocycles. The van der Waals surface area contributed by atoms with Gasteiger partial charge in [-0.15, -0.1) is 0 Å². The number of aromatic nitrogens is 2. The number of benzene rings is 1. The van der Waals surface area contributed by atoms with Gasteiger partial charge < -0.3 is 5.32 Å². The fourth-order valence-electron chi connectivity index (χ4n) is 2.99. The molecular formula is C15H18FN3O2. The van der Waals surface area contributed by atoms with Gasteiger partial charge >= 0.3 is 5.69 Å². The SMILES string of the molecule is Cn1c(=O)n(C2CCCCNC2)c(=O)c2ccc(F)cc21. The Morgan fingerprint density at radius 3 is 2.90 bits per heavy atom. The monoisotopic (exact) mass is 291 g/mol. The standard InChI is InChI=1S/C15H18FN3O2/c1-18-13-8-10(16)5-6-12(13)14(20)19(15(18)21)11-4-2-3-7-17-9-11/h5-6,8,11,17H,2-4,7,9H2,1H3. The minimum absolute atomic E-state index is 0.145. The number of hydrogen-bond donors (Lipinski definition) is 1. The second-order valence-electron chi connectivity index (χ2n) is 5.53. The van der Waals surface area contributed by atoms with Gasteiger partial charge in [-0.1, -0.05) is 6.42 Å². The average Bonchev–Trinajstić information content (AvgIpc) is 2.74. The molecule has 1 N–H and O–H groups in total. The molecule has 1 fully saturated rings. The van der Waals surface area contributed by atoms with Crippen molar-refractivity contribution in [2.45, 2.75) is 25.3 Å². The molecule has 1 saturated heterocycles. The highest BCUT2D eigenvalue weighted by atomic mass is 19.1. The van der Waals surface area contributed by atoms with Crippen molar-refractivity contribution in [2.75, 3.05) is 13.1 Å². The summed E-state index contributed by atoms with van der Waals surface area (Å²) in [6.07, 6.45) is 2.83. The molecular weight excluding hydrogens is 273 g/mol. The summed E-state index contributed by atoms with van der Waals surface area (Å²) in [6, 6.07) is 3.79. The van der Waals surface area contributed by atoms with Gasteiger partial charge in [0.1, 0.15) is 5.82 Å². The Labute approximate surface area is 121 Å². The molecule has 21 heavy (non-hydrogen) atoms. The molecule has 112 valence electrons. The lowest BCUT2D eigenvalue weighted by atomic mass is 10.1. The number of hydrogen-bond acceptors (Lipinski definition) is 3. The van der Waals surface area contributed by atoms with Gasteiger partial charge in [0.15, 0.2) is 0 Å². The molecule has 1 atom stereocenters. The highest BCUT2D eigenvalue weighted by Crippen LogP contribution is 2.16. The van der Waals surface area contributed by atoms with Gasteiger partial charge in [0.2, 0.25) is 0 Å². The van der Waals surface area contributed by atoms with E-state index >= 15 is 0 Å². The van der Waals surface area contributed by atoms with E-state index in [4.69, 9.17) is 0 Å². The molecule has 1 aliphatic rings. The molecule has 0 spiro atoms. The summed E-state index contributed by atoms with van der Waals surface area (Å²) < 4.78 is 16.0. The Bertz CT molecular complexity index is 786. The topological polar surface area (TPSA) is 56.0 Å². The highest BCUT2D eigenvalue weighted by Gasteiger charge is 2.20. The summed E-state index contributed by atoms with van der Waals surface area (Å²) in [6.45, 7) is 1.52. The first-order valence-electron chi connectivity index (χ1n) is 7.21. The van der Waals surface area contributed by atoms with E-state index in [1.807, 2.05) is 0 Å². The van der Waals surface area contributed by atoms with E-state index in [0.717, 1.165) is 25.8 Å². The van der Waals surface area contributed by atoms with Crippen LogP contribution >= 0.6 is 0 Å². The van der Waals surface area contributed by atoms with Crippen molar-refractivity contribution >= 4 is 10.9 Å². The summed E-state index contributed by atoms with van der Waals surface area (Å²) in [5.74, 6) is -0.453. The third-order valence-corrected chi connectivity index (χ3v) is 4.15. The smallest absolute Gasteiger partial charge is 0.315 e. The summed E-state index contributed by atoms with van der Waals surface area (Å²) in [5, 5.41) is 3.64. The Balaban J connectivity index is 2.26. The van der Waals surface area contributed by atoms with Crippen LogP contribution in [0.25, 0.3) is 10.9 Å². The Kier molecular flexibility index (Phi) is 3.63. The van der Waals surface area contributed by atoms with Crippen molar-refractivity contribution in [1.29, 1.82) is 0 Å². The summed E-state index contributed by atoms with van der Waals surface area (Å²) >= 11 is 0. The molecule has 3 rings (SSSR count). The molecule has 0 bridgehead atoms. The van der Waals surface area contributed by atoms with Crippen molar-refractivity contribution in [3.05, 3.63) is 44.9 Å². The van der Waals surface area contributed by atoms with Crippen molar-refractivity contribution in [1.82, 2.24) is 14.5 Å². The van der Waals surface area contributed by atoms with Crippen molar-refractivity contribution in [3.8, 4) is 0 Å². The van der Waals surface area contributed by atoms with E-state index in [0.29, 0.717) is 17.4 Å². The van der Waals surface area contributed by atoms with Crippen LogP contribution in [0.2, 0.25) is 0 Å². The Morgan fingerprint density at radius 2 is 2.10 bits per heavy atom. The number of halogens is 1. The number of fused-ring (bicyclic) bond motifs is 1. The van der Waals surface area contributed by atoms with Crippen LogP contribution in [-0.2, 0) is 7.05 Å². The van der Waals surface area contributed by atoms with E-state index in [1.165, 1.54) is 27.3 Å². The molecule has 0 amide bonds. The van der Waals surface area contributed by atoms with Gasteiger partial charge in [-0.25, -0.2) is 9.18 Å². The van der Waals surface area contributed by atoms with Crippen LogP contribution < -0.4 is 16.6 Å². The Morgan fingerprint density at radius 1 is 1.29 bits per heavy atom. The van der Waals surface area contributed by atoms with Gasteiger partial charge in [0, 0.05) is 13.6 Å². The molecule has 1 unspecified atom stereocenters. The van der Waals surface area contributed by atoms with Crippen LogP contribution in [0.4, 0.5) is 4.39 Å². The fourth-order valence-corrected chi connectivity index (χ4v) is 2.99. The van der Waals surface area contributed by atoms with Crippen LogP contribution in [0.3, 0.4) is 0 Å². The molecule has 1 aliphatic heterocycles. The normalized spacial score (nSPS) is 19.6. The zero-order chi connectivity index (χ0) is 15.0. The average molecular weight is 291 g/mol. The van der Waals surface area contributed by atoms with Crippen LogP contribution in [-0.4, -0.2) is 22.2 Å². The van der Waals surface area contributed by atoms with E-state index in [2.05, 4.69) is 5.32 Å². The number of nitrogens with one attached hydrogen (secondary N) is 1. The second-order valence-corrected chi connectivity index (χ2v) is 5.53. The lowest BCUT2D eigenvalue weighted by molar-refractivity contribution is 0.426. The lowest BCUT2D eigenvalue weighted by Gasteiger charge is -2.19. The summed E-state index contributed by atoms with van der Waals surface area (Å²) in [7, 11) is 1.57. The number of aryl methyl sites for hydroxylation is 1. The third kappa shape index (κ3) is 2.40. The minimum atomic E-state index is -0.453. The van der Waals surface area contributed by atoms with Gasteiger partial charge in [0.05, 0.1) is 16.9 Å². The second kappa shape index (κ2) is 5.44. The summed E-state index contributed by atoms with van der Waals surface area (Å²) in [5.41, 5.74) is -0.378. The van der Waals surface area contributed by atoms with Gasteiger partial charge in [0.25, 0.3) is 5.56 Å². The maximum Gasteiger partial charge on any atom is 0.331 e. The van der Waals surface area contributed by atoms with E-state index in [-0.39, 0.29) is 17.3 Å². The molecule has 5 nitrogen and oxygen atoms in total. The van der Waals surface area contributed by atoms with Crippen LogP contribution in [0, 0.1) is 5.82 Å². The molecule has 2 heterocycles. The maximum atomic E-state index is 13.4. The lowest BCUT2D eigenvalue weighted by Crippen LogP contribution is -2.43. The van der Waals surface area contributed by atoms with Crippen molar-refractivity contribution < 1.29 is 4.39 Å². The van der Waals surface area contributed by atoms with E-state index in [9.17, 15) is 14.0 Å². The van der Waals surface area contributed by atoms with Crippen LogP contribution in [0.15, 0.2) is 27.8 Å². The molecule has 2 aromatic rings. The molecule has 6 heteroatoms. The van der Waals surface area contributed by atoms with Crippen molar-refractivity contribution in [2.24, 2.45) is 7.05 Å². The maximum absolute atomic E-state index is 13.4. The first kappa shape index (κ1) is 14.0. The zero-order valence-corrected chi connectivity index (χ0v) is 11.9. The van der Waals surface area contributed by atoms with Gasteiger partial charge in [-0.2, -0.15) is 0 Å². The highest BCUT2D eigenvalue weighted by molar-refractivity contribution is 5.77. The minimum Gasteiger partial charge on any atom is -0.315 e. The first-order valence-corrected chi connectivity index (χ1v) is 7.21. The largest absolute Gasteiger partial charge is 0.331 e. The third-order valence-electron chi connectivity index (χ3n) is 4.15. The Hall–Kier alpha value is -1.95. The predicted octanol–water partition coefficient (Wildman–Crippen LogP) is 1.15. The number of rotatable bonds is 1. The zero-order valence-electron chi connectivity index (χ0n) is 11.9. The predicted molar refractivity (Wildman–Crippen MR) is 79.2 cm³/mol. The van der Waals surface area contributed by atoms with E-state index in [1.54, 1.807) is 7.05 Å². The van der Waals surface area contributed by atoms with E-state index < -0.39 is 5.82 Å². The quantitative estimate of drug-likeness (QED) is 0.857. The number of nitrogens with zero attached hydrogens (tertiary/aromatic N) is 2. The first-order chi connectivity index (χ1) is 10.1. The fraction of sp³-hybridized carbons (Fsp3) is 0.467. The molecule has 0 aliphatic carbocycles. The van der Waals surface area contributed by atoms with Crippen molar-refractivity contribution in [3.63, 3.8) is 0 Å².